The summed E-state index contributed by atoms with van der Waals surface area (Å²) in [5.41, 5.74) is 1.32. The van der Waals surface area contributed by atoms with E-state index >= 15 is 0 Å². The molecule has 17 heavy (non-hydrogen) atoms. The van der Waals surface area contributed by atoms with Crippen LogP contribution in [0.2, 0.25) is 0 Å². The lowest BCUT2D eigenvalue weighted by molar-refractivity contribution is -0.157. The van der Waals surface area contributed by atoms with Gasteiger partial charge in [-0.05, 0) is 37.0 Å². The van der Waals surface area contributed by atoms with Crippen molar-refractivity contribution >= 4 is 5.97 Å². The molecule has 3 aliphatic rings. The fourth-order valence-electron chi connectivity index (χ4n) is 4.76. The molecule has 2 aliphatic carbocycles. The molecule has 3 atom stereocenters. The first-order valence-electron chi connectivity index (χ1n) is 6.83. The van der Waals surface area contributed by atoms with Crippen molar-refractivity contribution in [1.29, 1.82) is 0 Å². The van der Waals surface area contributed by atoms with Crippen LogP contribution in [0, 0.1) is 22.7 Å². The molecule has 1 saturated heterocycles. The third-order valence-corrected chi connectivity index (χ3v) is 5.61. The summed E-state index contributed by atoms with van der Waals surface area (Å²) in [5, 5.41) is 0. The normalized spacial score (nSPS) is 43.9. The van der Waals surface area contributed by atoms with Crippen molar-refractivity contribution in [3.8, 4) is 0 Å². The number of hydrogen-bond acceptors (Lipinski definition) is 2. The molecule has 1 spiro atoms. The maximum Gasteiger partial charge on any atom is 0.313 e. The van der Waals surface area contributed by atoms with Crippen LogP contribution < -0.4 is 0 Å². The molecule has 1 heterocycles. The van der Waals surface area contributed by atoms with Crippen molar-refractivity contribution in [1.82, 2.24) is 0 Å². The summed E-state index contributed by atoms with van der Waals surface area (Å²) in [6.45, 7) is 9.44. The second-order valence-electron chi connectivity index (χ2n) is 6.78. The molecule has 3 rings (SSSR count). The standard InChI is InChI=1S/C15H22O2/c1-10-5-6-12-14(2,3)7-4-8-15(12)11(10)9-17-13(15)16/h11-12H,1,4-9H2,2-3H3/t11?,12-,15?/m0/s1. The smallest absolute Gasteiger partial charge is 0.313 e. The van der Waals surface area contributed by atoms with Gasteiger partial charge in [-0.25, -0.2) is 0 Å². The molecule has 0 N–H and O–H groups in total. The van der Waals surface area contributed by atoms with Crippen molar-refractivity contribution in [2.24, 2.45) is 22.7 Å². The Labute approximate surface area is 103 Å². The van der Waals surface area contributed by atoms with E-state index in [0.717, 1.165) is 25.7 Å². The zero-order valence-corrected chi connectivity index (χ0v) is 10.9. The van der Waals surface area contributed by atoms with Gasteiger partial charge in [0.15, 0.2) is 0 Å². The Kier molecular flexibility index (Phi) is 2.24. The van der Waals surface area contributed by atoms with Crippen LogP contribution in [0.4, 0.5) is 0 Å². The zero-order chi connectivity index (χ0) is 12.3. The topological polar surface area (TPSA) is 26.3 Å². The third kappa shape index (κ3) is 1.30. The van der Waals surface area contributed by atoms with Gasteiger partial charge in [-0.1, -0.05) is 32.4 Å². The average molecular weight is 234 g/mol. The molecule has 0 bridgehead atoms. The second-order valence-corrected chi connectivity index (χ2v) is 6.78. The monoisotopic (exact) mass is 234 g/mol. The highest BCUT2D eigenvalue weighted by Gasteiger charge is 2.63. The van der Waals surface area contributed by atoms with E-state index in [0.29, 0.717) is 18.4 Å². The summed E-state index contributed by atoms with van der Waals surface area (Å²) in [7, 11) is 0. The molecule has 2 heteroatoms. The molecule has 1 aliphatic heterocycles. The van der Waals surface area contributed by atoms with E-state index in [1.54, 1.807) is 0 Å². The Bertz CT molecular complexity index is 382. The minimum Gasteiger partial charge on any atom is -0.465 e. The van der Waals surface area contributed by atoms with Crippen molar-refractivity contribution in [2.75, 3.05) is 6.61 Å². The van der Waals surface area contributed by atoms with E-state index in [9.17, 15) is 4.79 Å². The lowest BCUT2D eigenvalue weighted by atomic mass is 9.48. The predicted octanol–water partition coefficient (Wildman–Crippen LogP) is 3.32. The number of cyclic esters (lactones) is 1. The molecular weight excluding hydrogens is 212 g/mol. The van der Waals surface area contributed by atoms with E-state index in [-0.39, 0.29) is 16.8 Å². The van der Waals surface area contributed by atoms with Crippen molar-refractivity contribution in [2.45, 2.75) is 46.0 Å². The van der Waals surface area contributed by atoms with Crippen LogP contribution in [0.3, 0.4) is 0 Å². The number of rotatable bonds is 0. The lowest BCUT2D eigenvalue weighted by Crippen LogP contribution is -2.52. The van der Waals surface area contributed by atoms with Gasteiger partial charge in [0, 0.05) is 5.92 Å². The highest BCUT2D eigenvalue weighted by molar-refractivity contribution is 5.81. The number of esters is 1. The van der Waals surface area contributed by atoms with Crippen LogP contribution in [0.15, 0.2) is 12.2 Å². The molecule has 3 fully saturated rings. The molecule has 0 aromatic carbocycles. The Morgan fingerprint density at radius 2 is 2.12 bits per heavy atom. The van der Waals surface area contributed by atoms with E-state index in [1.165, 1.54) is 12.0 Å². The summed E-state index contributed by atoms with van der Waals surface area (Å²) < 4.78 is 5.42. The Morgan fingerprint density at radius 1 is 1.35 bits per heavy atom. The highest BCUT2D eigenvalue weighted by Crippen LogP contribution is 2.63. The fraction of sp³-hybridized carbons (Fsp3) is 0.800. The summed E-state index contributed by atoms with van der Waals surface area (Å²) in [6, 6.07) is 0. The maximum absolute atomic E-state index is 12.3. The molecular formula is C15H22O2. The summed E-state index contributed by atoms with van der Waals surface area (Å²) in [6.07, 6.45) is 5.62. The van der Waals surface area contributed by atoms with Gasteiger partial charge in [0.05, 0.1) is 12.0 Å². The van der Waals surface area contributed by atoms with Gasteiger partial charge >= 0.3 is 5.97 Å². The number of ether oxygens (including phenoxy) is 1. The largest absolute Gasteiger partial charge is 0.465 e. The van der Waals surface area contributed by atoms with Gasteiger partial charge in [0.2, 0.25) is 0 Å². The van der Waals surface area contributed by atoms with Crippen molar-refractivity contribution < 1.29 is 9.53 Å². The fourth-order valence-corrected chi connectivity index (χ4v) is 4.76. The lowest BCUT2D eigenvalue weighted by Gasteiger charge is -2.54. The Hall–Kier alpha value is -0.790. The van der Waals surface area contributed by atoms with Crippen LogP contribution in [-0.4, -0.2) is 12.6 Å². The van der Waals surface area contributed by atoms with E-state index in [4.69, 9.17) is 4.74 Å². The number of carbonyl (C=O) groups excluding carboxylic acids is 1. The summed E-state index contributed by atoms with van der Waals surface area (Å²) >= 11 is 0. The van der Waals surface area contributed by atoms with E-state index < -0.39 is 0 Å². The van der Waals surface area contributed by atoms with E-state index in [2.05, 4.69) is 20.4 Å². The molecule has 2 unspecified atom stereocenters. The molecule has 0 aromatic rings. The minimum absolute atomic E-state index is 0.0705. The summed E-state index contributed by atoms with van der Waals surface area (Å²) in [5.74, 6) is 0.865. The third-order valence-electron chi connectivity index (χ3n) is 5.61. The molecule has 0 radical (unpaired) electrons. The highest BCUT2D eigenvalue weighted by atomic mass is 16.5. The first-order chi connectivity index (χ1) is 7.98. The predicted molar refractivity (Wildman–Crippen MR) is 66.4 cm³/mol. The molecule has 94 valence electrons. The molecule has 0 amide bonds. The number of carbonyl (C=O) groups is 1. The van der Waals surface area contributed by atoms with Crippen molar-refractivity contribution in [3.05, 3.63) is 12.2 Å². The van der Waals surface area contributed by atoms with Crippen molar-refractivity contribution in [3.63, 3.8) is 0 Å². The van der Waals surface area contributed by atoms with Crippen LogP contribution in [-0.2, 0) is 9.53 Å². The average Bonchev–Trinajstić information content (AvgIpc) is 2.57. The van der Waals surface area contributed by atoms with Gasteiger partial charge in [-0.3, -0.25) is 4.79 Å². The number of hydrogen-bond donors (Lipinski definition) is 0. The SMILES string of the molecule is C=C1CC[C@H]2C(C)(C)CCCC23C(=O)OCC13. The van der Waals surface area contributed by atoms with Crippen LogP contribution in [0.1, 0.15) is 46.0 Å². The molecule has 2 saturated carbocycles. The van der Waals surface area contributed by atoms with Gasteiger partial charge < -0.3 is 4.74 Å². The Balaban J connectivity index is 2.09. The van der Waals surface area contributed by atoms with Gasteiger partial charge in [0.1, 0.15) is 0 Å². The van der Waals surface area contributed by atoms with Crippen LogP contribution in [0.5, 0.6) is 0 Å². The van der Waals surface area contributed by atoms with Gasteiger partial charge in [-0.15, -0.1) is 0 Å². The van der Waals surface area contributed by atoms with E-state index in [1.807, 2.05) is 0 Å². The minimum atomic E-state index is -0.211. The van der Waals surface area contributed by atoms with Crippen LogP contribution in [0.25, 0.3) is 0 Å². The first-order valence-corrected chi connectivity index (χ1v) is 6.83. The summed E-state index contributed by atoms with van der Waals surface area (Å²) in [4.78, 5) is 12.3. The van der Waals surface area contributed by atoms with Crippen LogP contribution >= 0.6 is 0 Å². The Morgan fingerprint density at radius 3 is 2.88 bits per heavy atom. The zero-order valence-electron chi connectivity index (χ0n) is 10.9. The second kappa shape index (κ2) is 3.37. The quantitative estimate of drug-likeness (QED) is 0.475. The molecule has 0 aromatic heterocycles. The molecule has 2 nitrogen and oxygen atoms in total. The maximum atomic E-state index is 12.3. The first kappa shape index (κ1) is 11.3. The van der Waals surface area contributed by atoms with Gasteiger partial charge in [0.25, 0.3) is 0 Å². The van der Waals surface area contributed by atoms with Gasteiger partial charge in [-0.2, -0.15) is 0 Å².